The van der Waals surface area contributed by atoms with E-state index in [1.807, 2.05) is 0 Å². The molecule has 0 atom stereocenters. The predicted octanol–water partition coefficient (Wildman–Crippen LogP) is 3.61. The number of hydrogen-bond acceptors (Lipinski definition) is 3. The van der Waals surface area contributed by atoms with Gasteiger partial charge in [-0.15, -0.1) is 0 Å². The topological polar surface area (TPSA) is 55.4 Å². The molecular weight excluding hydrogens is 344 g/mol. The Hall–Kier alpha value is -2.11. The first-order valence-corrected chi connectivity index (χ1v) is 7.34. The molecule has 1 amide bonds. The van der Waals surface area contributed by atoms with Gasteiger partial charge < -0.3 is 10.1 Å². The maximum absolute atomic E-state index is 12.9. The number of halogens is 3. The maximum Gasteiger partial charge on any atom is 0.340 e. The second-order valence-corrected chi connectivity index (χ2v) is 5.45. The fraction of sp³-hybridized carbons (Fsp3) is 0.125. The molecule has 23 heavy (non-hydrogen) atoms. The minimum Gasteiger partial charge on any atom is -0.452 e. The molecule has 4 nitrogen and oxygen atoms in total. The van der Waals surface area contributed by atoms with Crippen LogP contribution in [0.5, 0.6) is 0 Å². The van der Waals surface area contributed by atoms with Crippen LogP contribution in [0, 0.1) is 5.82 Å². The number of ether oxygens (including phenoxy) is 1. The van der Waals surface area contributed by atoms with Crippen molar-refractivity contribution in [2.24, 2.45) is 0 Å². The van der Waals surface area contributed by atoms with Crippen molar-refractivity contribution in [2.75, 3.05) is 6.61 Å². The molecule has 2 rings (SSSR count). The van der Waals surface area contributed by atoms with Gasteiger partial charge in [0.1, 0.15) is 5.82 Å². The lowest BCUT2D eigenvalue weighted by atomic mass is 10.2. The third-order valence-corrected chi connectivity index (χ3v) is 3.45. The van der Waals surface area contributed by atoms with Crippen LogP contribution < -0.4 is 5.32 Å². The van der Waals surface area contributed by atoms with Crippen LogP contribution in [0.15, 0.2) is 42.5 Å². The van der Waals surface area contributed by atoms with Gasteiger partial charge >= 0.3 is 5.97 Å². The van der Waals surface area contributed by atoms with Crippen molar-refractivity contribution in [2.45, 2.75) is 6.54 Å². The van der Waals surface area contributed by atoms with E-state index in [0.717, 1.165) is 17.7 Å². The van der Waals surface area contributed by atoms with Crippen molar-refractivity contribution in [3.05, 3.63) is 69.5 Å². The third kappa shape index (κ3) is 5.23. The summed E-state index contributed by atoms with van der Waals surface area (Å²) in [4.78, 5) is 23.4. The Kier molecular flexibility index (Phi) is 5.96. The lowest BCUT2D eigenvalue weighted by Gasteiger charge is -2.08. The second-order valence-electron chi connectivity index (χ2n) is 4.60. The van der Waals surface area contributed by atoms with Crippen molar-refractivity contribution in [3.63, 3.8) is 0 Å². The Balaban J connectivity index is 1.81. The minimum atomic E-state index is -0.795. The average molecular weight is 356 g/mol. The fourth-order valence-electron chi connectivity index (χ4n) is 1.72. The van der Waals surface area contributed by atoms with Crippen LogP contribution in [0.3, 0.4) is 0 Å². The van der Waals surface area contributed by atoms with E-state index in [0.29, 0.717) is 5.02 Å². The Morgan fingerprint density at radius 2 is 1.78 bits per heavy atom. The predicted molar refractivity (Wildman–Crippen MR) is 85.0 cm³/mol. The standard InChI is InChI=1S/C16H12Cl2FNO3/c17-11-3-1-10(2-4-11)8-20-15(21)9-23-16(22)13-6-5-12(19)7-14(13)18/h1-7H,8-9H2,(H,20,21). The first kappa shape index (κ1) is 17.2. The van der Waals surface area contributed by atoms with Crippen LogP contribution >= 0.6 is 23.2 Å². The Bertz CT molecular complexity index is 720. The normalized spacial score (nSPS) is 10.2. The zero-order valence-electron chi connectivity index (χ0n) is 11.8. The van der Waals surface area contributed by atoms with Gasteiger partial charge in [-0.2, -0.15) is 0 Å². The van der Waals surface area contributed by atoms with E-state index in [1.54, 1.807) is 24.3 Å². The SMILES string of the molecule is O=C(COC(=O)c1ccc(F)cc1Cl)NCc1ccc(Cl)cc1. The van der Waals surface area contributed by atoms with Crippen LogP contribution in [0.1, 0.15) is 15.9 Å². The molecule has 0 spiro atoms. The van der Waals surface area contributed by atoms with E-state index in [2.05, 4.69) is 5.32 Å². The minimum absolute atomic E-state index is 0.00133. The number of carbonyl (C=O) groups is 2. The number of nitrogens with one attached hydrogen (secondary N) is 1. The molecule has 0 aliphatic heterocycles. The summed E-state index contributed by atoms with van der Waals surface area (Å²) in [6.07, 6.45) is 0. The van der Waals surface area contributed by atoms with Crippen LogP contribution in [0.4, 0.5) is 4.39 Å². The summed E-state index contributed by atoms with van der Waals surface area (Å²) in [5.41, 5.74) is 0.856. The largest absolute Gasteiger partial charge is 0.452 e. The van der Waals surface area contributed by atoms with E-state index in [9.17, 15) is 14.0 Å². The van der Waals surface area contributed by atoms with E-state index >= 15 is 0 Å². The van der Waals surface area contributed by atoms with Crippen molar-refractivity contribution in [1.82, 2.24) is 5.32 Å². The summed E-state index contributed by atoms with van der Waals surface area (Å²) < 4.78 is 17.7. The Morgan fingerprint density at radius 3 is 2.43 bits per heavy atom. The highest BCUT2D eigenvalue weighted by molar-refractivity contribution is 6.33. The monoisotopic (exact) mass is 355 g/mol. The van der Waals surface area contributed by atoms with Crippen LogP contribution in [0.25, 0.3) is 0 Å². The van der Waals surface area contributed by atoms with Crippen molar-refractivity contribution < 1.29 is 18.7 Å². The Morgan fingerprint density at radius 1 is 1.09 bits per heavy atom. The van der Waals surface area contributed by atoms with Crippen LogP contribution in [-0.4, -0.2) is 18.5 Å². The van der Waals surface area contributed by atoms with E-state index in [4.69, 9.17) is 27.9 Å². The molecule has 0 aliphatic carbocycles. The molecule has 2 aromatic carbocycles. The first-order chi connectivity index (χ1) is 11.0. The second kappa shape index (κ2) is 7.94. The molecule has 0 unspecified atom stereocenters. The summed E-state index contributed by atoms with van der Waals surface area (Å²) >= 11 is 11.5. The number of amides is 1. The molecule has 0 radical (unpaired) electrons. The maximum atomic E-state index is 12.9. The van der Waals surface area contributed by atoms with Gasteiger partial charge in [-0.1, -0.05) is 35.3 Å². The molecule has 2 aromatic rings. The van der Waals surface area contributed by atoms with Gasteiger partial charge in [0.2, 0.25) is 0 Å². The van der Waals surface area contributed by atoms with Crippen molar-refractivity contribution in [3.8, 4) is 0 Å². The van der Waals surface area contributed by atoms with Gasteiger partial charge in [0, 0.05) is 11.6 Å². The summed E-state index contributed by atoms with van der Waals surface area (Å²) in [5, 5.41) is 3.13. The number of carbonyl (C=O) groups excluding carboxylic acids is 2. The highest BCUT2D eigenvalue weighted by atomic mass is 35.5. The number of benzene rings is 2. The third-order valence-electron chi connectivity index (χ3n) is 2.89. The quantitative estimate of drug-likeness (QED) is 0.833. The highest BCUT2D eigenvalue weighted by Gasteiger charge is 2.14. The van der Waals surface area contributed by atoms with Gasteiger partial charge in [-0.05, 0) is 35.9 Å². The van der Waals surface area contributed by atoms with E-state index in [-0.39, 0.29) is 17.1 Å². The molecule has 0 saturated carbocycles. The zero-order valence-corrected chi connectivity index (χ0v) is 13.3. The summed E-state index contributed by atoms with van der Waals surface area (Å²) in [6, 6.07) is 10.2. The molecule has 7 heteroatoms. The Labute approximate surface area is 142 Å². The molecular formula is C16H12Cl2FNO3. The molecule has 0 bridgehead atoms. The van der Waals surface area contributed by atoms with Crippen molar-refractivity contribution in [1.29, 1.82) is 0 Å². The van der Waals surface area contributed by atoms with Gasteiger partial charge in [-0.25, -0.2) is 9.18 Å². The molecule has 120 valence electrons. The molecule has 0 aliphatic rings. The number of rotatable bonds is 5. The van der Waals surface area contributed by atoms with Gasteiger partial charge in [0.15, 0.2) is 6.61 Å². The molecule has 0 saturated heterocycles. The lowest BCUT2D eigenvalue weighted by molar-refractivity contribution is -0.124. The number of esters is 1. The molecule has 0 fully saturated rings. The van der Waals surface area contributed by atoms with Crippen LogP contribution in [0.2, 0.25) is 10.0 Å². The van der Waals surface area contributed by atoms with E-state index < -0.39 is 24.3 Å². The summed E-state index contributed by atoms with van der Waals surface area (Å²) in [5.74, 6) is -1.82. The van der Waals surface area contributed by atoms with Gasteiger partial charge in [0.25, 0.3) is 5.91 Å². The van der Waals surface area contributed by atoms with Gasteiger partial charge in [-0.3, -0.25) is 4.79 Å². The van der Waals surface area contributed by atoms with Crippen LogP contribution in [-0.2, 0) is 16.1 Å². The smallest absolute Gasteiger partial charge is 0.340 e. The fourth-order valence-corrected chi connectivity index (χ4v) is 2.09. The first-order valence-electron chi connectivity index (χ1n) is 6.59. The van der Waals surface area contributed by atoms with Crippen molar-refractivity contribution >= 4 is 35.1 Å². The van der Waals surface area contributed by atoms with Gasteiger partial charge in [0.05, 0.1) is 10.6 Å². The zero-order chi connectivity index (χ0) is 16.8. The van der Waals surface area contributed by atoms with E-state index in [1.165, 1.54) is 6.07 Å². The summed E-state index contributed by atoms with van der Waals surface area (Å²) in [7, 11) is 0. The number of hydrogen-bond donors (Lipinski definition) is 1. The lowest BCUT2D eigenvalue weighted by Crippen LogP contribution is -2.28. The average Bonchev–Trinajstić information content (AvgIpc) is 2.52. The molecule has 0 heterocycles. The highest BCUT2D eigenvalue weighted by Crippen LogP contribution is 2.18. The molecule has 1 N–H and O–H groups in total. The molecule has 0 aromatic heterocycles. The summed E-state index contributed by atoms with van der Waals surface area (Å²) in [6.45, 7) is -0.176.